The van der Waals surface area contributed by atoms with Gasteiger partial charge in [0.1, 0.15) is 11.7 Å². The second kappa shape index (κ2) is 9.60. The number of benzene rings is 2. The predicted molar refractivity (Wildman–Crippen MR) is 130 cm³/mol. The highest BCUT2D eigenvalue weighted by Crippen LogP contribution is 2.29. The molecule has 4 aromatic rings. The lowest BCUT2D eigenvalue weighted by Crippen LogP contribution is -2.28. The molecule has 0 aliphatic rings. The summed E-state index contributed by atoms with van der Waals surface area (Å²) in [5.74, 6) is -0.219. The molecule has 0 radical (unpaired) electrons. The lowest BCUT2D eigenvalue weighted by Gasteiger charge is -2.19. The SMILES string of the molecule is CC(C)(C)c1ccc(C(=O)NCCn2ncc3c(=O)n(Cc4cccc(C(F)(F)F)c4)cnc32)cc1. The van der Waals surface area contributed by atoms with Gasteiger partial charge in [0.05, 0.1) is 24.8 Å². The van der Waals surface area contributed by atoms with E-state index in [9.17, 15) is 22.8 Å². The molecule has 7 nitrogen and oxygen atoms in total. The minimum absolute atomic E-state index is 0.00513. The molecule has 188 valence electrons. The fourth-order valence-electron chi connectivity index (χ4n) is 3.82. The van der Waals surface area contributed by atoms with Crippen molar-refractivity contribution >= 4 is 16.9 Å². The Morgan fingerprint density at radius 1 is 1.03 bits per heavy atom. The Labute approximate surface area is 205 Å². The summed E-state index contributed by atoms with van der Waals surface area (Å²) in [6, 6.07) is 12.3. The van der Waals surface area contributed by atoms with Gasteiger partial charge in [-0.2, -0.15) is 18.3 Å². The number of hydrogen-bond donors (Lipinski definition) is 1. The van der Waals surface area contributed by atoms with E-state index in [-0.39, 0.29) is 29.8 Å². The maximum absolute atomic E-state index is 13.0. The molecule has 0 saturated carbocycles. The van der Waals surface area contributed by atoms with E-state index in [4.69, 9.17) is 0 Å². The van der Waals surface area contributed by atoms with Gasteiger partial charge in [0.25, 0.3) is 11.5 Å². The highest BCUT2D eigenvalue weighted by atomic mass is 19.4. The van der Waals surface area contributed by atoms with Gasteiger partial charge in [-0.15, -0.1) is 0 Å². The maximum Gasteiger partial charge on any atom is 0.416 e. The number of alkyl halides is 3. The van der Waals surface area contributed by atoms with Crippen LogP contribution in [0.15, 0.2) is 65.8 Å². The topological polar surface area (TPSA) is 81.8 Å². The van der Waals surface area contributed by atoms with E-state index < -0.39 is 17.3 Å². The van der Waals surface area contributed by atoms with Crippen molar-refractivity contribution in [2.45, 2.75) is 45.5 Å². The summed E-state index contributed by atoms with van der Waals surface area (Å²) >= 11 is 0. The van der Waals surface area contributed by atoms with Crippen LogP contribution in [-0.2, 0) is 24.7 Å². The highest BCUT2D eigenvalue weighted by molar-refractivity contribution is 5.94. The first kappa shape index (κ1) is 25.2. The van der Waals surface area contributed by atoms with E-state index in [1.165, 1.54) is 33.9 Å². The van der Waals surface area contributed by atoms with Crippen LogP contribution < -0.4 is 10.9 Å². The first-order chi connectivity index (χ1) is 16.9. The molecule has 0 fully saturated rings. The molecule has 0 aliphatic heterocycles. The quantitative estimate of drug-likeness (QED) is 0.429. The van der Waals surface area contributed by atoms with Crippen LogP contribution in [0.5, 0.6) is 0 Å². The van der Waals surface area contributed by atoms with E-state index in [1.54, 1.807) is 12.1 Å². The summed E-state index contributed by atoms with van der Waals surface area (Å²) in [6.45, 7) is 6.81. The standard InChI is InChI=1S/C26H26F3N5O2/c1-25(2,3)19-9-7-18(8-10-19)23(35)30-11-12-34-22-21(14-32-34)24(36)33(16-31-22)15-17-5-4-6-20(13-17)26(27,28)29/h4-10,13-14,16H,11-12,15H2,1-3H3,(H,30,35). The molecule has 0 unspecified atom stereocenters. The summed E-state index contributed by atoms with van der Waals surface area (Å²) in [7, 11) is 0. The number of rotatable bonds is 6. The monoisotopic (exact) mass is 497 g/mol. The molecule has 2 heterocycles. The molecule has 0 spiro atoms. The van der Waals surface area contributed by atoms with Crippen LogP contribution in [0.2, 0.25) is 0 Å². The molecule has 0 atom stereocenters. The van der Waals surface area contributed by atoms with Crippen LogP contribution in [0.3, 0.4) is 0 Å². The second-order valence-electron chi connectivity index (χ2n) is 9.56. The molecule has 0 aliphatic carbocycles. The lowest BCUT2D eigenvalue weighted by molar-refractivity contribution is -0.137. The van der Waals surface area contributed by atoms with Crippen molar-refractivity contribution < 1.29 is 18.0 Å². The molecule has 1 amide bonds. The van der Waals surface area contributed by atoms with E-state index in [0.717, 1.165) is 17.7 Å². The number of aromatic nitrogens is 4. The van der Waals surface area contributed by atoms with E-state index in [2.05, 4.69) is 36.2 Å². The number of fused-ring (bicyclic) bond motifs is 1. The zero-order valence-corrected chi connectivity index (χ0v) is 20.1. The normalized spacial score (nSPS) is 12.2. The molecule has 2 aromatic heterocycles. The van der Waals surface area contributed by atoms with Gasteiger partial charge in [0, 0.05) is 12.1 Å². The van der Waals surface area contributed by atoms with E-state index in [0.29, 0.717) is 23.3 Å². The van der Waals surface area contributed by atoms with Gasteiger partial charge in [-0.25, -0.2) is 9.67 Å². The zero-order valence-electron chi connectivity index (χ0n) is 20.1. The van der Waals surface area contributed by atoms with Crippen molar-refractivity contribution in [3.8, 4) is 0 Å². The Balaban J connectivity index is 1.43. The second-order valence-corrected chi connectivity index (χ2v) is 9.56. The van der Waals surface area contributed by atoms with Crippen LogP contribution >= 0.6 is 0 Å². The van der Waals surface area contributed by atoms with Crippen LogP contribution in [0, 0.1) is 0 Å². The number of carbonyl (C=O) groups is 1. The number of hydrogen-bond acceptors (Lipinski definition) is 4. The molecule has 0 bridgehead atoms. The van der Waals surface area contributed by atoms with Gasteiger partial charge >= 0.3 is 6.18 Å². The fourth-order valence-corrected chi connectivity index (χ4v) is 3.82. The molecular formula is C26H26F3N5O2. The lowest BCUT2D eigenvalue weighted by atomic mass is 9.87. The summed E-state index contributed by atoms with van der Waals surface area (Å²) in [5, 5.41) is 7.28. The van der Waals surface area contributed by atoms with Crippen LogP contribution in [0.4, 0.5) is 13.2 Å². The molecule has 1 N–H and O–H groups in total. The van der Waals surface area contributed by atoms with Gasteiger partial charge in [0.2, 0.25) is 0 Å². The summed E-state index contributed by atoms with van der Waals surface area (Å²) in [6.07, 6.45) is -1.80. The Kier molecular flexibility index (Phi) is 6.71. The Bertz CT molecular complexity index is 1450. The first-order valence-corrected chi connectivity index (χ1v) is 11.4. The van der Waals surface area contributed by atoms with Crippen molar-refractivity contribution in [2.75, 3.05) is 6.54 Å². The average Bonchev–Trinajstić information content (AvgIpc) is 3.24. The summed E-state index contributed by atoms with van der Waals surface area (Å²) < 4.78 is 41.7. The van der Waals surface area contributed by atoms with Gasteiger partial charge in [-0.05, 0) is 40.8 Å². The van der Waals surface area contributed by atoms with E-state index >= 15 is 0 Å². The van der Waals surface area contributed by atoms with Gasteiger partial charge in [-0.1, -0.05) is 45.0 Å². The highest BCUT2D eigenvalue weighted by Gasteiger charge is 2.30. The summed E-state index contributed by atoms with van der Waals surface area (Å²) in [4.78, 5) is 29.6. The van der Waals surface area contributed by atoms with Crippen molar-refractivity contribution in [3.05, 3.63) is 93.7 Å². The van der Waals surface area contributed by atoms with Crippen LogP contribution in [0.25, 0.3) is 11.0 Å². The van der Waals surface area contributed by atoms with Gasteiger partial charge in [0.15, 0.2) is 5.65 Å². The maximum atomic E-state index is 13.0. The third-order valence-corrected chi connectivity index (χ3v) is 5.85. The number of nitrogens with zero attached hydrogens (tertiary/aromatic N) is 4. The third-order valence-electron chi connectivity index (χ3n) is 5.85. The summed E-state index contributed by atoms with van der Waals surface area (Å²) in [5.41, 5.74) is 1.15. The van der Waals surface area contributed by atoms with Crippen LogP contribution in [-0.4, -0.2) is 31.8 Å². The number of halogens is 3. The number of amides is 1. The Hall–Kier alpha value is -3.95. The molecule has 10 heteroatoms. The first-order valence-electron chi connectivity index (χ1n) is 11.4. The largest absolute Gasteiger partial charge is 0.416 e. The number of carbonyl (C=O) groups excluding carboxylic acids is 1. The van der Waals surface area contributed by atoms with Crippen molar-refractivity contribution in [2.24, 2.45) is 0 Å². The van der Waals surface area contributed by atoms with Gasteiger partial charge < -0.3 is 5.32 Å². The van der Waals surface area contributed by atoms with Gasteiger partial charge in [-0.3, -0.25) is 14.2 Å². The third kappa shape index (κ3) is 5.48. The number of nitrogens with one attached hydrogen (secondary N) is 1. The fraction of sp³-hybridized carbons (Fsp3) is 0.308. The van der Waals surface area contributed by atoms with Crippen molar-refractivity contribution in [1.82, 2.24) is 24.6 Å². The molecule has 0 saturated heterocycles. The smallest absolute Gasteiger partial charge is 0.350 e. The van der Waals surface area contributed by atoms with Crippen molar-refractivity contribution in [3.63, 3.8) is 0 Å². The van der Waals surface area contributed by atoms with Crippen LogP contribution in [0.1, 0.15) is 47.8 Å². The molecule has 4 rings (SSSR count). The minimum Gasteiger partial charge on any atom is -0.350 e. The molecular weight excluding hydrogens is 471 g/mol. The Morgan fingerprint density at radius 2 is 1.75 bits per heavy atom. The predicted octanol–water partition coefficient (Wildman–Crippen LogP) is 4.39. The Morgan fingerprint density at radius 3 is 2.42 bits per heavy atom. The average molecular weight is 498 g/mol. The van der Waals surface area contributed by atoms with Crippen molar-refractivity contribution in [1.29, 1.82) is 0 Å². The zero-order chi connectivity index (χ0) is 26.1. The molecule has 36 heavy (non-hydrogen) atoms. The molecule has 2 aromatic carbocycles. The van der Waals surface area contributed by atoms with E-state index in [1.807, 2.05) is 12.1 Å². The minimum atomic E-state index is -4.46.